The second kappa shape index (κ2) is 9.71. The largest absolute Gasteiger partial charge is 0.495 e. The molecule has 2 N–H and O–H groups in total. The number of anilines is 2. The number of ether oxygens (including phenoxy) is 1. The summed E-state index contributed by atoms with van der Waals surface area (Å²) >= 11 is 3.38. The van der Waals surface area contributed by atoms with Crippen molar-refractivity contribution >= 4 is 39.1 Å². The lowest BCUT2D eigenvalue weighted by atomic mass is 9.95. The number of nitrogens with one attached hydrogen (secondary N) is 2. The van der Waals surface area contributed by atoms with Crippen molar-refractivity contribution < 1.29 is 14.3 Å². The van der Waals surface area contributed by atoms with Crippen LogP contribution in [-0.2, 0) is 9.59 Å². The van der Waals surface area contributed by atoms with Gasteiger partial charge < -0.3 is 15.4 Å². The third-order valence-corrected chi connectivity index (χ3v) is 5.35. The topological polar surface area (TPSA) is 70.7 Å². The quantitative estimate of drug-likeness (QED) is 0.709. The molecule has 7 heteroatoms. The minimum Gasteiger partial charge on any atom is -0.495 e. The van der Waals surface area contributed by atoms with E-state index in [0.717, 1.165) is 36.1 Å². The van der Waals surface area contributed by atoms with Crippen molar-refractivity contribution in [2.24, 2.45) is 5.92 Å². The summed E-state index contributed by atoms with van der Waals surface area (Å²) in [5, 5.41) is 5.86. The van der Waals surface area contributed by atoms with Crippen LogP contribution in [-0.4, -0.2) is 43.5 Å². The normalized spacial score (nSPS) is 15.1. The summed E-state index contributed by atoms with van der Waals surface area (Å²) in [7, 11) is 1.59. The Labute approximate surface area is 173 Å². The molecule has 0 saturated carbocycles. The SMILES string of the molecule is COc1ccccc1NC(=O)C1CCN(CC(=O)Nc2ccc(Br)cc2)CC1. The van der Waals surface area contributed by atoms with Crippen LogP contribution in [0.2, 0.25) is 0 Å². The molecule has 148 valence electrons. The van der Waals surface area contributed by atoms with E-state index in [1.165, 1.54) is 0 Å². The lowest BCUT2D eigenvalue weighted by Crippen LogP contribution is -2.41. The molecule has 0 aliphatic carbocycles. The van der Waals surface area contributed by atoms with Crippen LogP contribution < -0.4 is 15.4 Å². The molecule has 28 heavy (non-hydrogen) atoms. The Morgan fingerprint density at radius 3 is 2.43 bits per heavy atom. The van der Waals surface area contributed by atoms with Gasteiger partial charge in [0, 0.05) is 16.1 Å². The molecule has 1 fully saturated rings. The minimum absolute atomic E-state index is 0.00321. The number of carbonyl (C=O) groups excluding carboxylic acids is 2. The number of hydrogen-bond donors (Lipinski definition) is 2. The standard InChI is InChI=1S/C21H24BrN3O3/c1-28-19-5-3-2-4-18(19)24-21(27)15-10-12-25(13-11-15)14-20(26)23-17-8-6-16(22)7-9-17/h2-9,15H,10-14H2,1H3,(H,23,26)(H,24,27). The molecule has 0 bridgehead atoms. The van der Waals surface area contributed by atoms with E-state index >= 15 is 0 Å². The van der Waals surface area contributed by atoms with Gasteiger partial charge in [-0.2, -0.15) is 0 Å². The Kier molecular flexibility index (Phi) is 7.06. The van der Waals surface area contributed by atoms with E-state index in [4.69, 9.17) is 4.74 Å². The monoisotopic (exact) mass is 445 g/mol. The van der Waals surface area contributed by atoms with Crippen molar-refractivity contribution in [3.8, 4) is 5.75 Å². The highest BCUT2D eigenvalue weighted by Gasteiger charge is 2.26. The van der Waals surface area contributed by atoms with Gasteiger partial charge in [0.15, 0.2) is 0 Å². The van der Waals surface area contributed by atoms with Gasteiger partial charge in [-0.15, -0.1) is 0 Å². The number of benzene rings is 2. The molecule has 0 atom stereocenters. The van der Waals surface area contributed by atoms with Gasteiger partial charge in [-0.1, -0.05) is 28.1 Å². The van der Waals surface area contributed by atoms with E-state index in [0.29, 0.717) is 18.0 Å². The van der Waals surface area contributed by atoms with Gasteiger partial charge in [-0.05, 0) is 62.3 Å². The molecule has 0 spiro atoms. The zero-order valence-electron chi connectivity index (χ0n) is 15.8. The predicted molar refractivity (Wildman–Crippen MR) is 114 cm³/mol. The smallest absolute Gasteiger partial charge is 0.238 e. The molecule has 2 aromatic carbocycles. The van der Waals surface area contributed by atoms with Crippen molar-refractivity contribution in [1.29, 1.82) is 0 Å². The first-order chi connectivity index (χ1) is 13.5. The number of nitrogens with zero attached hydrogens (tertiary/aromatic N) is 1. The average Bonchev–Trinajstić information content (AvgIpc) is 2.70. The maximum Gasteiger partial charge on any atom is 0.238 e. The molecule has 2 aromatic rings. The number of methoxy groups -OCH3 is 1. The maximum absolute atomic E-state index is 12.6. The van der Waals surface area contributed by atoms with Gasteiger partial charge in [0.05, 0.1) is 19.3 Å². The minimum atomic E-state index is -0.0595. The Morgan fingerprint density at radius 1 is 1.07 bits per heavy atom. The molecule has 3 rings (SSSR count). The molecule has 1 heterocycles. The first-order valence-electron chi connectivity index (χ1n) is 9.27. The third kappa shape index (κ3) is 5.56. The Morgan fingerprint density at radius 2 is 1.75 bits per heavy atom. The Balaban J connectivity index is 1.45. The zero-order chi connectivity index (χ0) is 19.9. The van der Waals surface area contributed by atoms with Gasteiger partial charge in [0.2, 0.25) is 11.8 Å². The average molecular weight is 446 g/mol. The second-order valence-electron chi connectivity index (χ2n) is 6.80. The van der Waals surface area contributed by atoms with Crippen LogP contribution in [0.25, 0.3) is 0 Å². The van der Waals surface area contributed by atoms with Gasteiger partial charge >= 0.3 is 0 Å². The first-order valence-corrected chi connectivity index (χ1v) is 10.1. The highest BCUT2D eigenvalue weighted by Crippen LogP contribution is 2.25. The molecule has 1 saturated heterocycles. The van der Waals surface area contributed by atoms with E-state index in [1.807, 2.05) is 48.5 Å². The highest BCUT2D eigenvalue weighted by molar-refractivity contribution is 9.10. The van der Waals surface area contributed by atoms with Crippen LogP contribution in [0.15, 0.2) is 53.0 Å². The summed E-state index contributed by atoms with van der Waals surface area (Å²) in [5.41, 5.74) is 1.46. The van der Waals surface area contributed by atoms with Gasteiger partial charge in [-0.3, -0.25) is 14.5 Å². The van der Waals surface area contributed by atoms with Crippen LogP contribution >= 0.6 is 15.9 Å². The number of amides is 2. The highest BCUT2D eigenvalue weighted by atomic mass is 79.9. The summed E-state index contributed by atoms with van der Waals surface area (Å²) in [6.07, 6.45) is 1.46. The van der Waals surface area contributed by atoms with Gasteiger partial charge in [0.25, 0.3) is 0 Å². The van der Waals surface area contributed by atoms with E-state index in [1.54, 1.807) is 7.11 Å². The van der Waals surface area contributed by atoms with Gasteiger partial charge in [0.1, 0.15) is 5.75 Å². The molecule has 6 nitrogen and oxygen atoms in total. The molecule has 0 radical (unpaired) electrons. The first kappa shape index (κ1) is 20.4. The second-order valence-corrected chi connectivity index (χ2v) is 7.71. The van der Waals surface area contributed by atoms with E-state index in [2.05, 4.69) is 31.5 Å². The Hall–Kier alpha value is -2.38. The number of hydrogen-bond acceptors (Lipinski definition) is 4. The molecule has 0 aromatic heterocycles. The number of likely N-dealkylation sites (tertiary alicyclic amines) is 1. The number of piperidine rings is 1. The molecule has 1 aliphatic heterocycles. The fraction of sp³-hybridized carbons (Fsp3) is 0.333. The number of carbonyl (C=O) groups is 2. The van der Waals surface area contributed by atoms with Crippen LogP contribution in [0, 0.1) is 5.92 Å². The molecule has 1 aliphatic rings. The fourth-order valence-corrected chi connectivity index (χ4v) is 3.54. The van der Waals surface area contributed by atoms with Crippen molar-refractivity contribution in [1.82, 2.24) is 4.90 Å². The van der Waals surface area contributed by atoms with Gasteiger partial charge in [-0.25, -0.2) is 0 Å². The van der Waals surface area contributed by atoms with Crippen molar-refractivity contribution in [2.45, 2.75) is 12.8 Å². The summed E-state index contributed by atoms with van der Waals surface area (Å²) in [6, 6.07) is 14.9. The van der Waals surface area contributed by atoms with E-state index in [9.17, 15) is 9.59 Å². The Bertz CT molecular complexity index is 818. The molecule has 2 amide bonds. The number of rotatable bonds is 6. The lowest BCUT2D eigenvalue weighted by molar-refractivity contribution is -0.121. The van der Waals surface area contributed by atoms with E-state index < -0.39 is 0 Å². The van der Waals surface area contributed by atoms with Crippen LogP contribution in [0.3, 0.4) is 0 Å². The zero-order valence-corrected chi connectivity index (χ0v) is 17.4. The summed E-state index contributed by atoms with van der Waals surface area (Å²) in [6.45, 7) is 1.77. The summed E-state index contributed by atoms with van der Waals surface area (Å²) < 4.78 is 6.25. The van der Waals surface area contributed by atoms with Crippen molar-refractivity contribution in [3.63, 3.8) is 0 Å². The van der Waals surface area contributed by atoms with Crippen molar-refractivity contribution in [2.75, 3.05) is 37.4 Å². The summed E-state index contributed by atoms with van der Waals surface area (Å²) in [4.78, 5) is 26.9. The fourth-order valence-electron chi connectivity index (χ4n) is 3.27. The summed E-state index contributed by atoms with van der Waals surface area (Å²) in [5.74, 6) is 0.552. The van der Waals surface area contributed by atoms with Crippen LogP contribution in [0.5, 0.6) is 5.75 Å². The number of halogens is 1. The number of para-hydroxylation sites is 2. The lowest BCUT2D eigenvalue weighted by Gasteiger charge is -2.30. The predicted octanol–water partition coefficient (Wildman–Crippen LogP) is 3.75. The van der Waals surface area contributed by atoms with Crippen LogP contribution in [0.1, 0.15) is 12.8 Å². The maximum atomic E-state index is 12.6. The van der Waals surface area contributed by atoms with E-state index in [-0.39, 0.29) is 17.7 Å². The third-order valence-electron chi connectivity index (χ3n) is 4.82. The molecule has 0 unspecified atom stereocenters. The van der Waals surface area contributed by atoms with Crippen molar-refractivity contribution in [3.05, 3.63) is 53.0 Å². The molecular formula is C21H24BrN3O3. The van der Waals surface area contributed by atoms with Crippen LogP contribution in [0.4, 0.5) is 11.4 Å². The molecular weight excluding hydrogens is 422 g/mol.